The maximum atomic E-state index is 11.4. The molecule has 0 aliphatic heterocycles. The van der Waals surface area contributed by atoms with E-state index < -0.39 is 11.9 Å². The van der Waals surface area contributed by atoms with E-state index in [4.69, 9.17) is 52.5 Å². The molecule has 0 aromatic carbocycles. The Kier molecular flexibility index (Phi) is 30.6. The SMILES string of the molecule is C=CC(=O)OCCOCCOCCOCCOCCOCCOCCOCCOCCOC(=O)CCCCC(=O)O. The van der Waals surface area contributed by atoms with Crippen LogP contribution in [-0.4, -0.2) is 142 Å². The minimum absolute atomic E-state index is 0.0576. The fraction of sp³-hybridized carbons (Fsp3) is 0.815. The van der Waals surface area contributed by atoms with E-state index in [-0.39, 0.29) is 38.6 Å². The zero-order valence-corrected chi connectivity index (χ0v) is 24.1. The quantitative estimate of drug-likeness (QED) is 0.0649. The predicted octanol–water partition coefficient (Wildman–Crippen LogP) is 1.04. The van der Waals surface area contributed by atoms with Gasteiger partial charge in [-0.3, -0.25) is 9.59 Å². The van der Waals surface area contributed by atoms with Crippen molar-refractivity contribution in [2.75, 3.05) is 119 Å². The Bertz CT molecular complexity index is 631. The van der Waals surface area contributed by atoms with Crippen LogP contribution in [0, 0.1) is 0 Å². The zero-order chi connectivity index (χ0) is 30.1. The molecule has 0 radical (unpaired) electrons. The predicted molar refractivity (Wildman–Crippen MR) is 145 cm³/mol. The van der Waals surface area contributed by atoms with Crippen LogP contribution >= 0.6 is 0 Å². The van der Waals surface area contributed by atoms with E-state index in [2.05, 4.69) is 6.58 Å². The average Bonchev–Trinajstić information content (AvgIpc) is 2.96. The minimum atomic E-state index is -0.866. The van der Waals surface area contributed by atoms with Crippen LogP contribution in [0.2, 0.25) is 0 Å². The number of carboxylic acids is 1. The first-order chi connectivity index (χ1) is 20.1. The molecule has 0 bridgehead atoms. The lowest BCUT2D eigenvalue weighted by Gasteiger charge is -2.09. The van der Waals surface area contributed by atoms with Crippen molar-refractivity contribution >= 4 is 17.9 Å². The Labute approximate surface area is 242 Å². The molecule has 0 saturated carbocycles. The number of rotatable bonds is 33. The molecule has 14 heteroatoms. The summed E-state index contributed by atoms with van der Waals surface area (Å²) in [6, 6.07) is 0. The summed E-state index contributed by atoms with van der Waals surface area (Å²) in [5.41, 5.74) is 0. The van der Waals surface area contributed by atoms with Crippen molar-refractivity contribution < 1.29 is 66.9 Å². The van der Waals surface area contributed by atoms with E-state index in [0.29, 0.717) is 112 Å². The number of esters is 2. The molecular weight excluding hydrogens is 548 g/mol. The summed E-state index contributed by atoms with van der Waals surface area (Å²) in [6.45, 7) is 10.5. The maximum Gasteiger partial charge on any atom is 0.330 e. The van der Waals surface area contributed by atoms with Crippen molar-refractivity contribution in [1.82, 2.24) is 0 Å². The molecule has 0 aliphatic rings. The molecule has 0 aliphatic carbocycles. The largest absolute Gasteiger partial charge is 0.481 e. The third-order valence-corrected chi connectivity index (χ3v) is 4.75. The number of carbonyl (C=O) groups excluding carboxylic acids is 2. The van der Waals surface area contributed by atoms with Crippen molar-refractivity contribution in [2.45, 2.75) is 25.7 Å². The normalized spacial score (nSPS) is 10.9. The summed E-state index contributed by atoms with van der Waals surface area (Å²) in [6.07, 6.45) is 2.33. The Morgan fingerprint density at radius 3 is 1.07 bits per heavy atom. The number of unbranched alkanes of at least 4 members (excludes halogenated alkanes) is 1. The van der Waals surface area contributed by atoms with Gasteiger partial charge in [-0.25, -0.2) is 4.79 Å². The molecule has 0 saturated heterocycles. The molecule has 41 heavy (non-hydrogen) atoms. The van der Waals surface area contributed by atoms with E-state index in [1.807, 2.05) is 0 Å². The Morgan fingerprint density at radius 1 is 0.463 bits per heavy atom. The number of ether oxygens (including phenoxy) is 10. The fourth-order valence-electron chi connectivity index (χ4n) is 2.73. The number of carbonyl (C=O) groups is 3. The number of carboxylic acid groups (broad SMARTS) is 1. The lowest BCUT2D eigenvalue weighted by molar-refractivity contribution is -0.146. The minimum Gasteiger partial charge on any atom is -0.481 e. The van der Waals surface area contributed by atoms with Gasteiger partial charge in [-0.05, 0) is 12.8 Å². The number of hydrogen-bond donors (Lipinski definition) is 1. The van der Waals surface area contributed by atoms with Crippen molar-refractivity contribution in [1.29, 1.82) is 0 Å². The topological polar surface area (TPSA) is 164 Å². The highest BCUT2D eigenvalue weighted by atomic mass is 16.6. The molecule has 0 amide bonds. The van der Waals surface area contributed by atoms with Gasteiger partial charge in [0.15, 0.2) is 0 Å². The highest BCUT2D eigenvalue weighted by Crippen LogP contribution is 2.01. The first-order valence-corrected chi connectivity index (χ1v) is 13.8. The molecule has 0 fully saturated rings. The smallest absolute Gasteiger partial charge is 0.330 e. The van der Waals surface area contributed by atoms with E-state index in [1.165, 1.54) is 0 Å². The van der Waals surface area contributed by atoms with Gasteiger partial charge in [-0.2, -0.15) is 0 Å². The van der Waals surface area contributed by atoms with Crippen LogP contribution in [0.1, 0.15) is 25.7 Å². The molecule has 240 valence electrons. The lowest BCUT2D eigenvalue weighted by atomic mass is 10.2. The maximum absolute atomic E-state index is 11.4. The van der Waals surface area contributed by atoms with Crippen LogP contribution in [0.3, 0.4) is 0 Å². The van der Waals surface area contributed by atoms with Gasteiger partial charge in [-0.1, -0.05) is 6.58 Å². The van der Waals surface area contributed by atoms with Gasteiger partial charge in [0, 0.05) is 18.9 Å². The second-order valence-corrected chi connectivity index (χ2v) is 8.09. The van der Waals surface area contributed by atoms with Crippen LogP contribution in [0.15, 0.2) is 12.7 Å². The molecule has 0 heterocycles. The molecule has 1 N–H and O–H groups in total. The van der Waals surface area contributed by atoms with Gasteiger partial charge in [0.25, 0.3) is 0 Å². The van der Waals surface area contributed by atoms with Crippen LogP contribution < -0.4 is 0 Å². The summed E-state index contributed by atoms with van der Waals surface area (Å²) in [5, 5.41) is 8.53. The van der Waals surface area contributed by atoms with Crippen LogP contribution in [0.5, 0.6) is 0 Å². The lowest BCUT2D eigenvalue weighted by Crippen LogP contribution is -2.15. The van der Waals surface area contributed by atoms with Crippen LogP contribution in [0.4, 0.5) is 0 Å². The Hall–Kier alpha value is -2.17. The monoisotopic (exact) mass is 596 g/mol. The molecule has 0 unspecified atom stereocenters. The molecule has 0 aromatic heterocycles. The zero-order valence-electron chi connectivity index (χ0n) is 24.1. The van der Waals surface area contributed by atoms with Gasteiger partial charge in [-0.15, -0.1) is 0 Å². The van der Waals surface area contributed by atoms with E-state index >= 15 is 0 Å². The molecule has 0 atom stereocenters. The molecular formula is C27H48O14. The van der Waals surface area contributed by atoms with Crippen LogP contribution in [0.25, 0.3) is 0 Å². The molecule has 14 nitrogen and oxygen atoms in total. The highest BCUT2D eigenvalue weighted by Gasteiger charge is 2.04. The Morgan fingerprint density at radius 2 is 0.756 bits per heavy atom. The van der Waals surface area contributed by atoms with Crippen molar-refractivity contribution in [3.8, 4) is 0 Å². The number of aliphatic carboxylic acids is 1. The third kappa shape index (κ3) is 33.9. The van der Waals surface area contributed by atoms with Gasteiger partial charge in [0.1, 0.15) is 13.2 Å². The first-order valence-electron chi connectivity index (χ1n) is 13.8. The summed E-state index contributed by atoms with van der Waals surface area (Å²) < 4.78 is 52.7. The molecule has 0 spiro atoms. The summed E-state index contributed by atoms with van der Waals surface area (Å²) >= 11 is 0. The van der Waals surface area contributed by atoms with Crippen LogP contribution in [-0.2, 0) is 61.8 Å². The average molecular weight is 597 g/mol. The van der Waals surface area contributed by atoms with E-state index in [1.54, 1.807) is 0 Å². The standard InChI is InChI=1S/C27H48O14/c1-2-26(30)40-23-21-38-19-17-36-15-13-34-11-9-32-7-8-33-10-12-35-14-16-37-18-20-39-22-24-41-27(31)6-4-3-5-25(28)29/h2H,1,3-24H2,(H,28,29). The van der Waals surface area contributed by atoms with E-state index in [0.717, 1.165) is 6.08 Å². The van der Waals surface area contributed by atoms with Gasteiger partial charge in [0.2, 0.25) is 0 Å². The first kappa shape index (κ1) is 38.8. The fourth-order valence-corrected chi connectivity index (χ4v) is 2.73. The van der Waals surface area contributed by atoms with Gasteiger partial charge < -0.3 is 52.5 Å². The summed E-state index contributed by atoms with van der Waals surface area (Å²) in [5.74, 6) is -1.68. The summed E-state index contributed by atoms with van der Waals surface area (Å²) in [4.78, 5) is 32.6. The second-order valence-electron chi connectivity index (χ2n) is 8.09. The van der Waals surface area contributed by atoms with E-state index in [9.17, 15) is 14.4 Å². The highest BCUT2D eigenvalue weighted by molar-refractivity contribution is 5.81. The molecule has 0 rings (SSSR count). The van der Waals surface area contributed by atoms with Crippen molar-refractivity contribution in [3.05, 3.63) is 12.7 Å². The Balaban J connectivity index is 3.12. The molecule has 0 aromatic rings. The second kappa shape index (κ2) is 32.3. The summed E-state index contributed by atoms with van der Waals surface area (Å²) in [7, 11) is 0. The van der Waals surface area contributed by atoms with Crippen molar-refractivity contribution in [2.24, 2.45) is 0 Å². The van der Waals surface area contributed by atoms with Gasteiger partial charge in [0.05, 0.1) is 106 Å². The number of hydrogen-bond acceptors (Lipinski definition) is 13. The van der Waals surface area contributed by atoms with Gasteiger partial charge >= 0.3 is 17.9 Å². The third-order valence-electron chi connectivity index (χ3n) is 4.75. The van der Waals surface area contributed by atoms with Crippen molar-refractivity contribution in [3.63, 3.8) is 0 Å².